The Morgan fingerprint density at radius 3 is 2.69 bits per heavy atom. The first-order valence-electron chi connectivity index (χ1n) is 7.74. The predicted octanol–water partition coefficient (Wildman–Crippen LogP) is 3.74. The Bertz CT molecular complexity index is 965. The quantitative estimate of drug-likeness (QED) is 0.507. The van der Waals surface area contributed by atoms with Crippen molar-refractivity contribution in [3.05, 3.63) is 40.5 Å². The highest BCUT2D eigenvalue weighted by atomic mass is 32.2. The number of nitrogens with zero attached hydrogens (tertiary/aromatic N) is 3. The highest BCUT2D eigenvalue weighted by Gasteiger charge is 2.16. The zero-order valence-electron chi connectivity index (χ0n) is 14.4. The van der Waals surface area contributed by atoms with Crippen molar-refractivity contribution in [2.45, 2.75) is 26.0 Å². The maximum Gasteiger partial charge on any atom is 0.277 e. The maximum absolute atomic E-state index is 12.2. The molecule has 0 saturated heterocycles. The number of aryl methyl sites for hydroxylation is 2. The number of benzene rings is 1. The van der Waals surface area contributed by atoms with Crippen LogP contribution in [-0.4, -0.2) is 32.6 Å². The number of nitrogens with one attached hydrogen (secondary N) is 1. The van der Waals surface area contributed by atoms with Gasteiger partial charge in [-0.25, -0.2) is 4.98 Å². The van der Waals surface area contributed by atoms with Crippen molar-refractivity contribution >= 4 is 40.5 Å². The minimum atomic E-state index is -0.256. The molecule has 0 aliphatic heterocycles. The number of thioether (sulfide) groups is 1. The second kappa shape index (κ2) is 7.79. The third-order valence-corrected chi connectivity index (χ3v) is 5.29. The largest absolute Gasteiger partial charge is 0.410 e. The fourth-order valence-corrected chi connectivity index (χ4v) is 3.71. The van der Waals surface area contributed by atoms with Crippen LogP contribution in [0.2, 0.25) is 0 Å². The number of anilines is 1. The van der Waals surface area contributed by atoms with Gasteiger partial charge in [0.05, 0.1) is 22.1 Å². The standard InChI is InChI=1S/C17H16N4O3S2/c1-9-15(26-11(3)18-9)16-20-21-17(24-16)25-8-14(23)19-13-7-5-4-6-12(13)10(2)22/h4-7H,8H2,1-3H3,(H,19,23). The molecule has 2 aromatic heterocycles. The van der Waals surface area contributed by atoms with Gasteiger partial charge in [0.15, 0.2) is 5.78 Å². The van der Waals surface area contributed by atoms with E-state index in [1.165, 1.54) is 18.3 Å². The van der Waals surface area contributed by atoms with Gasteiger partial charge in [0, 0.05) is 5.56 Å². The van der Waals surface area contributed by atoms with Gasteiger partial charge >= 0.3 is 0 Å². The number of hydrogen-bond acceptors (Lipinski definition) is 8. The van der Waals surface area contributed by atoms with E-state index >= 15 is 0 Å². The number of ketones is 1. The molecule has 3 aromatic rings. The lowest BCUT2D eigenvalue weighted by Gasteiger charge is -2.07. The normalized spacial score (nSPS) is 10.7. The van der Waals surface area contributed by atoms with Crippen molar-refractivity contribution in [2.75, 3.05) is 11.1 Å². The van der Waals surface area contributed by atoms with E-state index in [2.05, 4.69) is 20.5 Å². The van der Waals surface area contributed by atoms with E-state index < -0.39 is 0 Å². The Morgan fingerprint density at radius 1 is 1.23 bits per heavy atom. The van der Waals surface area contributed by atoms with Crippen molar-refractivity contribution in [3.8, 4) is 10.8 Å². The zero-order valence-corrected chi connectivity index (χ0v) is 16.0. The number of hydrogen-bond donors (Lipinski definition) is 1. The number of amides is 1. The number of thiazole rings is 1. The van der Waals surface area contributed by atoms with E-state index in [0.29, 0.717) is 22.4 Å². The van der Waals surface area contributed by atoms with Gasteiger partial charge in [-0.3, -0.25) is 9.59 Å². The van der Waals surface area contributed by atoms with E-state index in [0.717, 1.165) is 27.3 Å². The van der Waals surface area contributed by atoms with Gasteiger partial charge in [0.1, 0.15) is 4.88 Å². The summed E-state index contributed by atoms with van der Waals surface area (Å²) in [4.78, 5) is 28.9. The number of Topliss-reactive ketones (excluding diaryl/α,β-unsaturated/α-hetero) is 1. The predicted molar refractivity (Wildman–Crippen MR) is 101 cm³/mol. The molecular weight excluding hydrogens is 372 g/mol. The van der Waals surface area contributed by atoms with Crippen LogP contribution < -0.4 is 5.32 Å². The molecule has 0 aliphatic carbocycles. The summed E-state index contributed by atoms with van der Waals surface area (Å²) in [7, 11) is 0. The van der Waals surface area contributed by atoms with Crippen LogP contribution in [0, 0.1) is 13.8 Å². The number of para-hydroxylation sites is 1. The highest BCUT2D eigenvalue weighted by Crippen LogP contribution is 2.30. The zero-order chi connectivity index (χ0) is 18.7. The molecular formula is C17H16N4O3S2. The summed E-state index contributed by atoms with van der Waals surface area (Å²) >= 11 is 2.62. The maximum atomic E-state index is 12.2. The lowest BCUT2D eigenvalue weighted by atomic mass is 10.1. The van der Waals surface area contributed by atoms with Crippen molar-refractivity contribution < 1.29 is 14.0 Å². The lowest BCUT2D eigenvalue weighted by Crippen LogP contribution is -2.16. The summed E-state index contributed by atoms with van der Waals surface area (Å²) < 4.78 is 5.60. The van der Waals surface area contributed by atoms with Crippen LogP contribution >= 0.6 is 23.1 Å². The van der Waals surface area contributed by atoms with Crippen molar-refractivity contribution in [3.63, 3.8) is 0 Å². The smallest absolute Gasteiger partial charge is 0.277 e. The fraction of sp³-hybridized carbons (Fsp3) is 0.235. The van der Waals surface area contributed by atoms with Gasteiger partial charge in [-0.05, 0) is 32.9 Å². The third kappa shape index (κ3) is 4.17. The Balaban J connectivity index is 1.62. The summed E-state index contributed by atoms with van der Waals surface area (Å²) in [6.07, 6.45) is 0. The molecule has 0 aliphatic rings. The van der Waals surface area contributed by atoms with E-state index in [1.807, 2.05) is 13.8 Å². The molecule has 134 valence electrons. The van der Waals surface area contributed by atoms with Gasteiger partial charge in [-0.2, -0.15) is 0 Å². The molecule has 0 radical (unpaired) electrons. The topological polar surface area (TPSA) is 98.0 Å². The molecule has 2 heterocycles. The first kappa shape index (κ1) is 18.3. The molecule has 3 rings (SSSR count). The first-order chi connectivity index (χ1) is 12.4. The minimum Gasteiger partial charge on any atom is -0.410 e. The van der Waals surface area contributed by atoms with E-state index in [1.54, 1.807) is 24.3 Å². The van der Waals surface area contributed by atoms with Gasteiger partial charge in [-0.15, -0.1) is 21.5 Å². The summed E-state index contributed by atoms with van der Waals surface area (Å²) in [5.74, 6) is 0.130. The molecule has 0 spiro atoms. The highest BCUT2D eigenvalue weighted by molar-refractivity contribution is 7.99. The lowest BCUT2D eigenvalue weighted by molar-refractivity contribution is -0.113. The molecule has 0 fully saturated rings. The van der Waals surface area contributed by atoms with E-state index in [9.17, 15) is 9.59 Å². The second-order valence-corrected chi connectivity index (χ2v) is 7.59. The fourth-order valence-electron chi connectivity index (χ4n) is 2.30. The summed E-state index contributed by atoms with van der Waals surface area (Å²) in [6.45, 7) is 5.26. The average Bonchev–Trinajstić information content (AvgIpc) is 3.19. The minimum absolute atomic E-state index is 0.0918. The van der Waals surface area contributed by atoms with Gasteiger partial charge in [0.2, 0.25) is 5.91 Å². The number of carbonyl (C=O) groups is 2. The average molecular weight is 388 g/mol. The SMILES string of the molecule is CC(=O)c1ccccc1NC(=O)CSc1nnc(-c2sc(C)nc2C)o1. The Hall–Kier alpha value is -2.52. The number of aromatic nitrogens is 3. The molecule has 1 N–H and O–H groups in total. The molecule has 26 heavy (non-hydrogen) atoms. The van der Waals surface area contributed by atoms with Gasteiger partial charge in [0.25, 0.3) is 11.1 Å². The second-order valence-electron chi connectivity index (χ2n) is 5.46. The monoisotopic (exact) mass is 388 g/mol. The first-order valence-corrected chi connectivity index (χ1v) is 9.54. The Morgan fingerprint density at radius 2 is 2.00 bits per heavy atom. The molecule has 0 atom stereocenters. The van der Waals surface area contributed by atoms with Crippen LogP contribution in [0.4, 0.5) is 5.69 Å². The summed E-state index contributed by atoms with van der Waals surface area (Å²) in [5, 5.41) is 11.9. The van der Waals surface area contributed by atoms with Crippen LogP contribution in [0.25, 0.3) is 10.8 Å². The Labute approximate surface area is 158 Å². The molecule has 0 bridgehead atoms. The summed E-state index contributed by atoms with van der Waals surface area (Å²) in [5.41, 5.74) is 1.81. The number of rotatable bonds is 6. The van der Waals surface area contributed by atoms with Crippen molar-refractivity contribution in [1.29, 1.82) is 0 Å². The van der Waals surface area contributed by atoms with Crippen LogP contribution in [-0.2, 0) is 4.79 Å². The Kier molecular flexibility index (Phi) is 5.48. The van der Waals surface area contributed by atoms with Crippen LogP contribution in [0.5, 0.6) is 0 Å². The summed E-state index contributed by atoms with van der Waals surface area (Å²) in [6, 6.07) is 6.89. The molecule has 1 amide bonds. The van der Waals surface area contributed by atoms with Gasteiger partial charge < -0.3 is 9.73 Å². The molecule has 7 nitrogen and oxygen atoms in total. The van der Waals surface area contributed by atoms with Crippen LogP contribution in [0.3, 0.4) is 0 Å². The van der Waals surface area contributed by atoms with E-state index in [4.69, 9.17) is 4.42 Å². The van der Waals surface area contributed by atoms with Crippen molar-refractivity contribution in [1.82, 2.24) is 15.2 Å². The van der Waals surface area contributed by atoms with Gasteiger partial charge in [-0.1, -0.05) is 23.9 Å². The third-order valence-electron chi connectivity index (χ3n) is 3.41. The van der Waals surface area contributed by atoms with Crippen LogP contribution in [0.1, 0.15) is 28.0 Å². The van der Waals surface area contributed by atoms with E-state index in [-0.39, 0.29) is 17.4 Å². The molecule has 1 aromatic carbocycles. The molecule has 0 unspecified atom stereocenters. The molecule has 9 heteroatoms. The van der Waals surface area contributed by atoms with Crippen LogP contribution in [0.15, 0.2) is 33.9 Å². The van der Waals surface area contributed by atoms with Crippen molar-refractivity contribution in [2.24, 2.45) is 0 Å². The molecule has 0 saturated carbocycles. The number of carbonyl (C=O) groups excluding carboxylic acids is 2.